The number of anilines is 2. The molecule has 0 saturated carbocycles. The second-order valence-corrected chi connectivity index (χ2v) is 7.57. The fraction of sp³-hybridized carbons (Fsp3) is 0.444. The summed E-state index contributed by atoms with van der Waals surface area (Å²) in [7, 11) is 1.41. The number of nitrogens with one attached hydrogen (secondary N) is 1. The Hall–Kier alpha value is -2.68. The Morgan fingerprint density at radius 2 is 1.96 bits per heavy atom. The number of aromatic nitrogens is 2. The lowest BCUT2D eigenvalue weighted by Crippen LogP contribution is -2.39. The molecule has 0 unspecified atom stereocenters. The van der Waals surface area contributed by atoms with Crippen molar-refractivity contribution >= 4 is 34.5 Å². The van der Waals surface area contributed by atoms with Gasteiger partial charge >= 0.3 is 5.69 Å². The number of amides is 1. The van der Waals surface area contributed by atoms with Crippen LogP contribution in [0.2, 0.25) is 0 Å². The first kappa shape index (κ1) is 20.6. The van der Waals surface area contributed by atoms with Crippen LogP contribution in [0.4, 0.5) is 11.5 Å². The predicted octanol–water partition coefficient (Wildman–Crippen LogP) is 1.91. The largest absolute Gasteiger partial charge is 0.383 e. The van der Waals surface area contributed by atoms with Crippen LogP contribution < -0.4 is 21.9 Å². The molecule has 1 amide bonds. The summed E-state index contributed by atoms with van der Waals surface area (Å²) in [5, 5.41) is 0. The Kier molecular flexibility index (Phi) is 6.73. The van der Waals surface area contributed by atoms with Crippen LogP contribution in [-0.2, 0) is 11.3 Å². The molecule has 0 atom stereocenters. The molecule has 0 radical (unpaired) electrons. The molecule has 0 bridgehead atoms. The maximum atomic E-state index is 12.5. The Bertz CT molecular complexity index is 957. The third-order valence-corrected chi connectivity index (χ3v) is 5.28. The SMILES string of the molecule is CCCCn1c(N)c(N(C)C(=O)CCC(=O)c2ccc(C)s2)c(=O)[nH]c1=O. The second kappa shape index (κ2) is 8.81. The molecule has 0 saturated heterocycles. The number of hydrogen-bond donors (Lipinski definition) is 2. The number of carbonyl (C=O) groups is 2. The van der Waals surface area contributed by atoms with Crippen molar-refractivity contribution in [2.75, 3.05) is 17.7 Å². The molecule has 0 aliphatic heterocycles. The van der Waals surface area contributed by atoms with E-state index in [0.29, 0.717) is 17.8 Å². The number of thiophene rings is 1. The van der Waals surface area contributed by atoms with E-state index in [4.69, 9.17) is 5.73 Å². The molecule has 146 valence electrons. The monoisotopic (exact) mass is 392 g/mol. The molecule has 2 aromatic rings. The number of nitrogens with zero attached hydrogens (tertiary/aromatic N) is 2. The fourth-order valence-corrected chi connectivity index (χ4v) is 3.50. The summed E-state index contributed by atoms with van der Waals surface area (Å²) in [5.74, 6) is -0.590. The summed E-state index contributed by atoms with van der Waals surface area (Å²) in [6, 6.07) is 3.59. The zero-order valence-corrected chi connectivity index (χ0v) is 16.5. The van der Waals surface area contributed by atoms with Crippen LogP contribution in [0, 0.1) is 6.92 Å². The molecule has 0 aromatic carbocycles. The minimum atomic E-state index is -0.721. The van der Waals surface area contributed by atoms with E-state index < -0.39 is 17.2 Å². The van der Waals surface area contributed by atoms with E-state index in [0.717, 1.165) is 16.2 Å². The van der Waals surface area contributed by atoms with Crippen LogP contribution in [0.5, 0.6) is 0 Å². The molecule has 2 aromatic heterocycles. The number of unbranched alkanes of at least 4 members (excludes halogenated alkanes) is 1. The summed E-state index contributed by atoms with van der Waals surface area (Å²) in [6.07, 6.45) is 1.54. The highest BCUT2D eigenvalue weighted by Crippen LogP contribution is 2.20. The van der Waals surface area contributed by atoms with Gasteiger partial charge in [0, 0.05) is 31.3 Å². The predicted molar refractivity (Wildman–Crippen MR) is 107 cm³/mol. The Morgan fingerprint density at radius 1 is 1.26 bits per heavy atom. The maximum Gasteiger partial charge on any atom is 0.330 e. The van der Waals surface area contributed by atoms with Gasteiger partial charge in [0.15, 0.2) is 11.5 Å². The van der Waals surface area contributed by atoms with E-state index in [1.165, 1.54) is 23.0 Å². The van der Waals surface area contributed by atoms with Crippen molar-refractivity contribution in [3.63, 3.8) is 0 Å². The Labute approximate surface area is 160 Å². The molecule has 8 nitrogen and oxygen atoms in total. The number of nitrogens with two attached hydrogens (primary N) is 1. The summed E-state index contributed by atoms with van der Waals surface area (Å²) >= 11 is 1.38. The van der Waals surface area contributed by atoms with Crippen LogP contribution in [0.3, 0.4) is 0 Å². The topological polar surface area (TPSA) is 118 Å². The van der Waals surface area contributed by atoms with Crippen molar-refractivity contribution in [3.05, 3.63) is 42.7 Å². The van der Waals surface area contributed by atoms with E-state index in [9.17, 15) is 19.2 Å². The number of nitrogen functional groups attached to an aromatic ring is 1. The van der Waals surface area contributed by atoms with Crippen molar-refractivity contribution in [1.29, 1.82) is 0 Å². The third-order valence-electron chi connectivity index (χ3n) is 4.24. The molecule has 27 heavy (non-hydrogen) atoms. The highest BCUT2D eigenvalue weighted by atomic mass is 32.1. The van der Waals surface area contributed by atoms with Gasteiger partial charge in [-0.25, -0.2) is 4.79 Å². The van der Waals surface area contributed by atoms with Crippen molar-refractivity contribution in [1.82, 2.24) is 9.55 Å². The minimum Gasteiger partial charge on any atom is -0.383 e. The first-order chi connectivity index (χ1) is 12.8. The summed E-state index contributed by atoms with van der Waals surface area (Å²) in [5.41, 5.74) is 4.60. The van der Waals surface area contributed by atoms with Crippen molar-refractivity contribution in [2.45, 2.75) is 46.1 Å². The number of H-pyrrole nitrogens is 1. The van der Waals surface area contributed by atoms with Gasteiger partial charge in [-0.05, 0) is 25.5 Å². The number of carbonyl (C=O) groups excluding carboxylic acids is 2. The van der Waals surface area contributed by atoms with Crippen molar-refractivity contribution in [3.8, 4) is 0 Å². The molecule has 2 heterocycles. The summed E-state index contributed by atoms with van der Waals surface area (Å²) in [6.45, 7) is 4.22. The number of rotatable bonds is 8. The molecular weight excluding hydrogens is 368 g/mol. The zero-order valence-electron chi connectivity index (χ0n) is 15.7. The highest BCUT2D eigenvalue weighted by molar-refractivity contribution is 7.14. The number of aryl methyl sites for hydroxylation is 1. The van der Waals surface area contributed by atoms with E-state index in [-0.39, 0.29) is 30.1 Å². The van der Waals surface area contributed by atoms with Crippen LogP contribution in [0.15, 0.2) is 21.7 Å². The molecule has 0 aliphatic carbocycles. The number of Topliss-reactive ketones (excluding diaryl/α,β-unsaturated/α-hetero) is 1. The molecule has 0 fully saturated rings. The van der Waals surface area contributed by atoms with Gasteiger partial charge in [-0.3, -0.25) is 23.9 Å². The average Bonchev–Trinajstić information content (AvgIpc) is 3.05. The maximum absolute atomic E-state index is 12.5. The van der Waals surface area contributed by atoms with Gasteiger partial charge in [-0.1, -0.05) is 13.3 Å². The van der Waals surface area contributed by atoms with Gasteiger partial charge in [-0.2, -0.15) is 0 Å². The quantitative estimate of drug-likeness (QED) is 0.665. The normalized spacial score (nSPS) is 10.8. The van der Waals surface area contributed by atoms with Gasteiger partial charge in [0.2, 0.25) is 5.91 Å². The van der Waals surface area contributed by atoms with E-state index in [1.807, 2.05) is 19.9 Å². The number of hydrogen-bond acceptors (Lipinski definition) is 6. The molecule has 0 spiro atoms. The molecule has 9 heteroatoms. The molecule has 3 N–H and O–H groups in total. The number of ketones is 1. The van der Waals surface area contributed by atoms with Crippen LogP contribution >= 0.6 is 11.3 Å². The van der Waals surface area contributed by atoms with E-state index >= 15 is 0 Å². The first-order valence-corrected chi connectivity index (χ1v) is 9.56. The Balaban J connectivity index is 2.17. The van der Waals surface area contributed by atoms with E-state index in [1.54, 1.807) is 6.07 Å². The second-order valence-electron chi connectivity index (χ2n) is 6.28. The minimum absolute atomic E-state index is 0.0381. The van der Waals surface area contributed by atoms with Gasteiger partial charge < -0.3 is 10.6 Å². The van der Waals surface area contributed by atoms with Crippen molar-refractivity contribution < 1.29 is 9.59 Å². The summed E-state index contributed by atoms with van der Waals surface area (Å²) < 4.78 is 1.25. The van der Waals surface area contributed by atoms with Crippen LogP contribution in [0.25, 0.3) is 0 Å². The van der Waals surface area contributed by atoms with Crippen molar-refractivity contribution in [2.24, 2.45) is 0 Å². The zero-order chi connectivity index (χ0) is 20.1. The lowest BCUT2D eigenvalue weighted by molar-refractivity contribution is -0.118. The standard InChI is InChI=1S/C18H24N4O4S/c1-4-5-10-22-16(19)15(17(25)20-18(22)26)21(3)14(24)9-7-12(23)13-8-6-11(2)27-13/h6,8H,4-5,7,9-10,19H2,1-3H3,(H,20,25,26). The summed E-state index contributed by atoms with van der Waals surface area (Å²) in [4.78, 5) is 53.7. The average molecular weight is 392 g/mol. The number of aromatic amines is 1. The smallest absolute Gasteiger partial charge is 0.330 e. The van der Waals surface area contributed by atoms with E-state index in [2.05, 4.69) is 4.98 Å². The molecule has 0 aliphatic rings. The van der Waals surface area contributed by atoms with Gasteiger partial charge in [-0.15, -0.1) is 11.3 Å². The fourth-order valence-electron chi connectivity index (χ4n) is 2.66. The molecule has 2 rings (SSSR count). The van der Waals surface area contributed by atoms with Gasteiger partial charge in [0.25, 0.3) is 5.56 Å². The van der Waals surface area contributed by atoms with Gasteiger partial charge in [0.05, 0.1) is 4.88 Å². The third kappa shape index (κ3) is 4.73. The first-order valence-electron chi connectivity index (χ1n) is 8.75. The molecular formula is C18H24N4O4S. The van der Waals surface area contributed by atoms with Crippen LogP contribution in [-0.4, -0.2) is 28.3 Å². The van der Waals surface area contributed by atoms with Gasteiger partial charge in [0.1, 0.15) is 5.82 Å². The lowest BCUT2D eigenvalue weighted by atomic mass is 10.1. The highest BCUT2D eigenvalue weighted by Gasteiger charge is 2.21. The Morgan fingerprint density at radius 3 is 2.56 bits per heavy atom. The lowest BCUT2D eigenvalue weighted by Gasteiger charge is -2.20. The van der Waals surface area contributed by atoms with Crippen LogP contribution in [0.1, 0.15) is 47.2 Å².